The van der Waals surface area contributed by atoms with E-state index in [0.29, 0.717) is 5.00 Å². The highest BCUT2D eigenvalue weighted by atomic mass is 32.1. The Bertz CT molecular complexity index is 348. The fourth-order valence-electron chi connectivity index (χ4n) is 0.814. The Kier molecular flexibility index (Phi) is 3.47. The van der Waals surface area contributed by atoms with E-state index in [4.69, 9.17) is 5.11 Å². The van der Waals surface area contributed by atoms with Crippen LogP contribution in [0.3, 0.4) is 0 Å². The molecule has 1 aromatic heterocycles. The lowest BCUT2D eigenvalue weighted by Gasteiger charge is -2.02. The number of carboxylic acid groups (broad SMARTS) is 1. The molecule has 0 bridgehead atoms. The molecule has 14 heavy (non-hydrogen) atoms. The Labute approximate surface area is 84.7 Å². The van der Waals surface area contributed by atoms with Crippen LogP contribution in [0.4, 0.5) is 9.80 Å². The van der Waals surface area contributed by atoms with E-state index in [0.717, 1.165) is 4.88 Å². The second kappa shape index (κ2) is 4.61. The number of hydrogen-bond donors (Lipinski definition) is 3. The maximum absolute atomic E-state index is 11.0. The normalized spacial score (nSPS) is 9.50. The predicted molar refractivity (Wildman–Crippen MR) is 53.7 cm³/mol. The largest absolute Gasteiger partial charge is 0.480 e. The van der Waals surface area contributed by atoms with Gasteiger partial charge in [-0.1, -0.05) is 0 Å². The lowest BCUT2D eigenvalue weighted by atomic mass is 10.5. The van der Waals surface area contributed by atoms with Crippen molar-refractivity contribution >= 4 is 28.3 Å². The van der Waals surface area contributed by atoms with E-state index in [9.17, 15) is 9.59 Å². The summed E-state index contributed by atoms with van der Waals surface area (Å²) in [6, 6.07) is 3.13. The molecule has 0 saturated carbocycles. The summed E-state index contributed by atoms with van der Waals surface area (Å²) in [6.45, 7) is 1.54. The lowest BCUT2D eigenvalue weighted by Crippen LogP contribution is -2.32. The maximum Gasteiger partial charge on any atom is 0.323 e. The lowest BCUT2D eigenvalue weighted by molar-refractivity contribution is -0.135. The van der Waals surface area contributed by atoms with Crippen LogP contribution in [-0.2, 0) is 4.79 Å². The minimum atomic E-state index is -1.07. The zero-order chi connectivity index (χ0) is 10.6. The number of aryl methyl sites for hydroxylation is 1. The van der Waals surface area contributed by atoms with Crippen LogP contribution in [0.15, 0.2) is 12.1 Å². The van der Waals surface area contributed by atoms with Crippen molar-refractivity contribution in [2.24, 2.45) is 0 Å². The van der Waals surface area contributed by atoms with Crippen molar-refractivity contribution in [2.75, 3.05) is 11.9 Å². The summed E-state index contributed by atoms with van der Waals surface area (Å²) in [4.78, 5) is 22.2. The molecule has 0 aliphatic heterocycles. The number of anilines is 1. The summed E-state index contributed by atoms with van der Waals surface area (Å²) in [6.07, 6.45) is 0. The van der Waals surface area contributed by atoms with Crippen molar-refractivity contribution < 1.29 is 14.7 Å². The minimum Gasteiger partial charge on any atom is -0.480 e. The van der Waals surface area contributed by atoms with E-state index >= 15 is 0 Å². The first-order valence-electron chi connectivity index (χ1n) is 3.91. The van der Waals surface area contributed by atoms with Crippen LogP contribution in [0.25, 0.3) is 0 Å². The van der Waals surface area contributed by atoms with Gasteiger partial charge in [-0.2, -0.15) is 0 Å². The molecule has 2 amide bonds. The highest BCUT2D eigenvalue weighted by Gasteiger charge is 2.04. The Morgan fingerprint density at radius 1 is 1.50 bits per heavy atom. The molecule has 0 aromatic carbocycles. The molecule has 5 nitrogen and oxygen atoms in total. The topological polar surface area (TPSA) is 78.4 Å². The van der Waals surface area contributed by atoms with Gasteiger partial charge in [0.05, 0.1) is 5.00 Å². The molecule has 0 aliphatic carbocycles. The molecule has 0 unspecified atom stereocenters. The molecule has 6 heteroatoms. The molecule has 0 radical (unpaired) electrons. The van der Waals surface area contributed by atoms with Gasteiger partial charge in [0.15, 0.2) is 0 Å². The van der Waals surface area contributed by atoms with Gasteiger partial charge in [-0.3, -0.25) is 10.1 Å². The van der Waals surface area contributed by atoms with E-state index in [2.05, 4.69) is 10.6 Å². The van der Waals surface area contributed by atoms with Crippen molar-refractivity contribution in [1.82, 2.24) is 5.32 Å². The highest BCUT2D eigenvalue weighted by molar-refractivity contribution is 7.16. The monoisotopic (exact) mass is 214 g/mol. The van der Waals surface area contributed by atoms with Crippen LogP contribution >= 0.6 is 11.3 Å². The molecular formula is C8H10N2O3S. The first-order chi connectivity index (χ1) is 6.58. The molecule has 0 aliphatic rings. The third kappa shape index (κ3) is 3.44. The van der Waals surface area contributed by atoms with Gasteiger partial charge in [-0.05, 0) is 19.1 Å². The van der Waals surface area contributed by atoms with Gasteiger partial charge < -0.3 is 10.4 Å². The number of carboxylic acids is 1. The standard InChI is InChI=1S/C8H10N2O3S/c1-5-2-3-6(14-5)10-8(13)9-4-7(11)12/h2-3H,4H2,1H3,(H,11,12)(H2,9,10,13). The fourth-order valence-corrected chi connectivity index (χ4v) is 1.58. The van der Waals surface area contributed by atoms with Crippen LogP contribution in [0.1, 0.15) is 4.88 Å². The second-order valence-electron chi connectivity index (χ2n) is 2.61. The number of nitrogens with one attached hydrogen (secondary N) is 2. The van der Waals surface area contributed by atoms with Crippen molar-refractivity contribution in [3.05, 3.63) is 17.0 Å². The van der Waals surface area contributed by atoms with Crippen molar-refractivity contribution in [2.45, 2.75) is 6.92 Å². The summed E-state index contributed by atoms with van der Waals surface area (Å²) in [7, 11) is 0. The molecule has 1 aromatic rings. The molecule has 1 heterocycles. The van der Waals surface area contributed by atoms with Crippen molar-refractivity contribution in [1.29, 1.82) is 0 Å². The summed E-state index contributed by atoms with van der Waals surface area (Å²) in [5.74, 6) is -1.07. The third-order valence-electron chi connectivity index (χ3n) is 1.38. The van der Waals surface area contributed by atoms with Crippen LogP contribution in [0.5, 0.6) is 0 Å². The average Bonchev–Trinajstić information content (AvgIpc) is 2.48. The summed E-state index contributed by atoms with van der Waals surface area (Å²) >= 11 is 1.43. The van der Waals surface area contributed by atoms with Gasteiger partial charge in [0.1, 0.15) is 6.54 Å². The first kappa shape index (κ1) is 10.5. The average molecular weight is 214 g/mol. The minimum absolute atomic E-state index is 0.379. The van der Waals surface area contributed by atoms with Gasteiger partial charge in [-0.25, -0.2) is 4.79 Å². The van der Waals surface area contributed by atoms with Gasteiger partial charge in [-0.15, -0.1) is 11.3 Å². The van der Waals surface area contributed by atoms with Gasteiger partial charge in [0.25, 0.3) is 0 Å². The number of thiophene rings is 1. The van der Waals surface area contributed by atoms with E-state index in [1.807, 2.05) is 13.0 Å². The first-order valence-corrected chi connectivity index (χ1v) is 4.72. The van der Waals surface area contributed by atoms with Crippen LogP contribution < -0.4 is 10.6 Å². The Morgan fingerprint density at radius 2 is 2.21 bits per heavy atom. The zero-order valence-electron chi connectivity index (χ0n) is 7.53. The van der Waals surface area contributed by atoms with Crippen molar-refractivity contribution in [3.63, 3.8) is 0 Å². The molecule has 0 fully saturated rings. The number of carbonyl (C=O) groups is 2. The van der Waals surface area contributed by atoms with Gasteiger partial charge >= 0.3 is 12.0 Å². The molecule has 1 rings (SSSR count). The molecular weight excluding hydrogens is 204 g/mol. The number of carbonyl (C=O) groups excluding carboxylic acids is 1. The summed E-state index contributed by atoms with van der Waals surface area (Å²) in [5, 5.41) is 13.7. The number of amides is 2. The molecule has 0 saturated heterocycles. The van der Waals surface area contributed by atoms with E-state index in [1.165, 1.54) is 11.3 Å². The fraction of sp³-hybridized carbons (Fsp3) is 0.250. The van der Waals surface area contributed by atoms with Crippen molar-refractivity contribution in [3.8, 4) is 0 Å². The van der Waals surface area contributed by atoms with Crippen LogP contribution in [-0.4, -0.2) is 23.7 Å². The Balaban J connectivity index is 2.37. The molecule has 76 valence electrons. The smallest absolute Gasteiger partial charge is 0.323 e. The van der Waals surface area contributed by atoms with Crippen LogP contribution in [0.2, 0.25) is 0 Å². The summed E-state index contributed by atoms with van der Waals surface area (Å²) in [5.41, 5.74) is 0. The maximum atomic E-state index is 11.0. The molecule has 3 N–H and O–H groups in total. The van der Waals surface area contributed by atoms with Gasteiger partial charge in [0, 0.05) is 4.88 Å². The highest BCUT2D eigenvalue weighted by Crippen LogP contribution is 2.20. The number of hydrogen-bond acceptors (Lipinski definition) is 3. The van der Waals surface area contributed by atoms with Crippen LogP contribution in [0, 0.1) is 6.92 Å². The number of rotatable bonds is 3. The quantitative estimate of drug-likeness (QED) is 0.708. The predicted octanol–water partition coefficient (Wildman–Crippen LogP) is 1.26. The second-order valence-corrected chi connectivity index (χ2v) is 3.90. The van der Waals surface area contributed by atoms with E-state index < -0.39 is 12.0 Å². The Morgan fingerprint density at radius 3 is 2.71 bits per heavy atom. The number of urea groups is 1. The zero-order valence-corrected chi connectivity index (χ0v) is 8.35. The summed E-state index contributed by atoms with van der Waals surface area (Å²) < 4.78 is 0. The Hall–Kier alpha value is -1.56. The molecule has 0 atom stereocenters. The molecule has 0 spiro atoms. The van der Waals surface area contributed by atoms with E-state index in [1.54, 1.807) is 6.07 Å². The third-order valence-corrected chi connectivity index (χ3v) is 2.29. The number of aliphatic carboxylic acids is 1. The van der Waals surface area contributed by atoms with E-state index in [-0.39, 0.29) is 6.54 Å². The van der Waals surface area contributed by atoms with Gasteiger partial charge in [0.2, 0.25) is 0 Å². The SMILES string of the molecule is Cc1ccc(NC(=O)NCC(=O)O)s1.